The Kier molecular flexibility index (Phi) is 4.97. The maximum Gasteiger partial charge on any atom is 0.272 e. The first-order valence-corrected chi connectivity index (χ1v) is 4.79. The zero-order valence-corrected chi connectivity index (χ0v) is 8.54. The van der Waals surface area contributed by atoms with Crippen LogP contribution >= 0.6 is 0 Å². The van der Waals surface area contributed by atoms with E-state index in [-0.39, 0.29) is 0 Å². The Hall–Kier alpha value is -1.23. The van der Waals surface area contributed by atoms with E-state index in [4.69, 9.17) is 4.74 Å². The van der Waals surface area contributed by atoms with Gasteiger partial charge < -0.3 is 10.1 Å². The number of nitrogens with zero attached hydrogens (tertiary/aromatic N) is 1. The molecule has 0 saturated carbocycles. The summed E-state index contributed by atoms with van der Waals surface area (Å²) in [7, 11) is 0. The minimum atomic E-state index is -2.45. The maximum atomic E-state index is 11.8. The van der Waals surface area contributed by atoms with Crippen molar-refractivity contribution in [3.63, 3.8) is 0 Å². The van der Waals surface area contributed by atoms with Crippen molar-refractivity contribution in [1.82, 2.24) is 10.3 Å². The van der Waals surface area contributed by atoms with Gasteiger partial charge in [0.15, 0.2) is 0 Å². The standard InChI is InChI=1S/C10H14F2N2O/c1-2-13-5-8-3-4-9(6-14-8)15-7-10(11)12/h3-4,6,10,13H,2,5,7H2,1H3. The second kappa shape index (κ2) is 6.29. The quantitative estimate of drug-likeness (QED) is 0.787. The van der Waals surface area contributed by atoms with Crippen LogP contribution in [0.5, 0.6) is 5.75 Å². The van der Waals surface area contributed by atoms with Crippen LogP contribution in [-0.4, -0.2) is 24.6 Å². The number of nitrogens with one attached hydrogen (secondary N) is 1. The van der Waals surface area contributed by atoms with Crippen molar-refractivity contribution in [3.8, 4) is 5.75 Å². The van der Waals surface area contributed by atoms with Crippen molar-refractivity contribution in [2.24, 2.45) is 0 Å². The van der Waals surface area contributed by atoms with Crippen LogP contribution < -0.4 is 10.1 Å². The largest absolute Gasteiger partial charge is 0.486 e. The lowest BCUT2D eigenvalue weighted by atomic mass is 10.3. The molecule has 0 bridgehead atoms. The highest BCUT2D eigenvalue weighted by atomic mass is 19.3. The molecule has 0 spiro atoms. The fraction of sp³-hybridized carbons (Fsp3) is 0.500. The summed E-state index contributed by atoms with van der Waals surface area (Å²) < 4.78 is 28.4. The third-order valence-electron chi connectivity index (χ3n) is 1.73. The Morgan fingerprint density at radius 1 is 1.47 bits per heavy atom. The van der Waals surface area contributed by atoms with Gasteiger partial charge in [0.25, 0.3) is 6.43 Å². The highest BCUT2D eigenvalue weighted by Gasteiger charge is 2.03. The summed E-state index contributed by atoms with van der Waals surface area (Å²) in [4.78, 5) is 4.06. The Labute approximate surface area is 87.5 Å². The molecule has 0 aliphatic rings. The van der Waals surface area contributed by atoms with Crippen LogP contribution in [0.4, 0.5) is 8.78 Å². The van der Waals surface area contributed by atoms with Crippen LogP contribution in [-0.2, 0) is 6.54 Å². The molecule has 15 heavy (non-hydrogen) atoms. The number of alkyl halides is 2. The zero-order valence-electron chi connectivity index (χ0n) is 8.54. The topological polar surface area (TPSA) is 34.1 Å². The Morgan fingerprint density at radius 2 is 2.27 bits per heavy atom. The lowest BCUT2D eigenvalue weighted by molar-refractivity contribution is 0.0817. The molecule has 1 rings (SSSR count). The summed E-state index contributed by atoms with van der Waals surface area (Å²) in [6.45, 7) is 2.95. The molecular formula is C10H14F2N2O. The van der Waals surface area contributed by atoms with Crippen molar-refractivity contribution in [3.05, 3.63) is 24.0 Å². The van der Waals surface area contributed by atoms with Gasteiger partial charge in [-0.25, -0.2) is 8.78 Å². The third kappa shape index (κ3) is 4.69. The summed E-state index contributed by atoms with van der Waals surface area (Å²) in [6, 6.07) is 3.39. The molecule has 0 aromatic carbocycles. The monoisotopic (exact) mass is 216 g/mol. The van der Waals surface area contributed by atoms with Crippen molar-refractivity contribution < 1.29 is 13.5 Å². The molecule has 5 heteroatoms. The van der Waals surface area contributed by atoms with Gasteiger partial charge in [-0.15, -0.1) is 0 Å². The number of ether oxygens (including phenoxy) is 1. The van der Waals surface area contributed by atoms with E-state index in [0.717, 1.165) is 12.2 Å². The zero-order chi connectivity index (χ0) is 11.1. The fourth-order valence-electron chi connectivity index (χ4n) is 1.01. The average Bonchev–Trinajstić information content (AvgIpc) is 2.25. The number of rotatable bonds is 6. The molecule has 1 aromatic heterocycles. The Morgan fingerprint density at radius 3 is 2.80 bits per heavy atom. The second-order valence-electron chi connectivity index (χ2n) is 2.97. The van der Waals surface area contributed by atoms with Crippen molar-refractivity contribution in [2.45, 2.75) is 19.9 Å². The molecule has 0 atom stereocenters. The van der Waals surface area contributed by atoms with Crippen LogP contribution in [0.1, 0.15) is 12.6 Å². The second-order valence-corrected chi connectivity index (χ2v) is 2.97. The van der Waals surface area contributed by atoms with E-state index in [1.54, 1.807) is 12.1 Å². The van der Waals surface area contributed by atoms with E-state index in [1.807, 2.05) is 6.92 Å². The molecule has 3 nitrogen and oxygen atoms in total. The van der Waals surface area contributed by atoms with Crippen LogP contribution in [0.3, 0.4) is 0 Å². The molecule has 0 radical (unpaired) electrons. The Bertz CT molecular complexity index is 277. The molecule has 1 N–H and O–H groups in total. The van der Waals surface area contributed by atoms with Gasteiger partial charge in [-0.3, -0.25) is 4.98 Å². The van der Waals surface area contributed by atoms with Crippen LogP contribution in [0.25, 0.3) is 0 Å². The van der Waals surface area contributed by atoms with Crippen LogP contribution in [0.2, 0.25) is 0 Å². The van der Waals surface area contributed by atoms with Crippen molar-refractivity contribution in [2.75, 3.05) is 13.2 Å². The lowest BCUT2D eigenvalue weighted by Gasteiger charge is -2.05. The first kappa shape index (κ1) is 11.8. The van der Waals surface area contributed by atoms with E-state index in [2.05, 4.69) is 10.3 Å². The molecule has 0 aliphatic carbocycles. The molecule has 84 valence electrons. The maximum absolute atomic E-state index is 11.8. The van der Waals surface area contributed by atoms with E-state index in [9.17, 15) is 8.78 Å². The summed E-state index contributed by atoms with van der Waals surface area (Å²) in [5, 5.41) is 3.11. The van der Waals surface area contributed by atoms with Crippen LogP contribution in [0, 0.1) is 0 Å². The number of hydrogen-bond donors (Lipinski definition) is 1. The van der Waals surface area contributed by atoms with Gasteiger partial charge in [-0.2, -0.15) is 0 Å². The predicted octanol–water partition coefficient (Wildman–Crippen LogP) is 1.83. The minimum Gasteiger partial charge on any atom is -0.486 e. The molecule has 0 unspecified atom stereocenters. The predicted molar refractivity (Wildman–Crippen MR) is 53.1 cm³/mol. The van der Waals surface area contributed by atoms with Gasteiger partial charge in [0, 0.05) is 6.54 Å². The summed E-state index contributed by atoms with van der Waals surface area (Å²) in [5.74, 6) is 0.371. The molecule has 0 amide bonds. The lowest BCUT2D eigenvalue weighted by Crippen LogP contribution is -2.13. The van der Waals surface area contributed by atoms with Gasteiger partial charge in [-0.1, -0.05) is 6.92 Å². The van der Waals surface area contributed by atoms with E-state index in [1.165, 1.54) is 6.20 Å². The summed E-state index contributed by atoms with van der Waals surface area (Å²) in [6.07, 6.45) is -0.999. The summed E-state index contributed by atoms with van der Waals surface area (Å²) in [5.41, 5.74) is 0.862. The van der Waals surface area contributed by atoms with Gasteiger partial charge in [-0.05, 0) is 18.7 Å². The first-order chi connectivity index (χ1) is 7.22. The minimum absolute atomic E-state index is 0.371. The first-order valence-electron chi connectivity index (χ1n) is 4.79. The molecule has 0 aliphatic heterocycles. The van der Waals surface area contributed by atoms with Gasteiger partial charge in [0.1, 0.15) is 12.4 Å². The number of halogens is 2. The highest BCUT2D eigenvalue weighted by Crippen LogP contribution is 2.10. The van der Waals surface area contributed by atoms with Crippen molar-refractivity contribution >= 4 is 0 Å². The molecule has 1 aromatic rings. The molecule has 0 fully saturated rings. The van der Waals surface area contributed by atoms with E-state index < -0.39 is 13.0 Å². The van der Waals surface area contributed by atoms with Gasteiger partial charge >= 0.3 is 0 Å². The fourth-order valence-corrected chi connectivity index (χ4v) is 1.01. The Balaban J connectivity index is 2.41. The normalized spacial score (nSPS) is 10.7. The third-order valence-corrected chi connectivity index (χ3v) is 1.73. The highest BCUT2D eigenvalue weighted by molar-refractivity contribution is 5.19. The molecule has 0 saturated heterocycles. The molecule has 1 heterocycles. The van der Waals surface area contributed by atoms with E-state index in [0.29, 0.717) is 12.3 Å². The molecular weight excluding hydrogens is 202 g/mol. The SMILES string of the molecule is CCNCc1ccc(OCC(F)F)cn1. The number of hydrogen-bond acceptors (Lipinski definition) is 3. The van der Waals surface area contributed by atoms with Crippen LogP contribution in [0.15, 0.2) is 18.3 Å². The average molecular weight is 216 g/mol. The number of aromatic nitrogens is 1. The van der Waals surface area contributed by atoms with Gasteiger partial charge in [0.2, 0.25) is 0 Å². The summed E-state index contributed by atoms with van der Waals surface area (Å²) >= 11 is 0. The van der Waals surface area contributed by atoms with E-state index >= 15 is 0 Å². The van der Waals surface area contributed by atoms with Gasteiger partial charge in [0.05, 0.1) is 11.9 Å². The number of pyridine rings is 1. The smallest absolute Gasteiger partial charge is 0.272 e. The van der Waals surface area contributed by atoms with Crippen molar-refractivity contribution in [1.29, 1.82) is 0 Å².